The molecule has 0 fully saturated rings. The maximum Gasteiger partial charge on any atom is 0.222 e. The summed E-state index contributed by atoms with van der Waals surface area (Å²) in [5.41, 5.74) is 7.14. The summed E-state index contributed by atoms with van der Waals surface area (Å²) in [5, 5.41) is 12.7. The van der Waals surface area contributed by atoms with Crippen molar-refractivity contribution in [3.63, 3.8) is 0 Å². The number of unbranched alkanes of at least 4 members (excludes halogenated alkanes) is 3. The Morgan fingerprint density at radius 2 is 1.90 bits per heavy atom. The maximum atomic E-state index is 9.32. The summed E-state index contributed by atoms with van der Waals surface area (Å²) < 4.78 is 5.92. The second-order valence-corrected chi connectivity index (χ2v) is 7.08. The minimum atomic E-state index is 0. The number of hydrogen-bond donors (Lipinski definition) is 3. The van der Waals surface area contributed by atoms with Gasteiger partial charge >= 0.3 is 0 Å². The quantitative estimate of drug-likeness (QED) is 0.394. The van der Waals surface area contributed by atoms with Gasteiger partial charge in [-0.3, -0.25) is 0 Å². The fraction of sp³-hybridized carbons (Fsp3) is 0.545. The SMILES string of the molecule is CCCC[C@@H](CCO)Nc1nc(N)ncc1OCCCCCc1ccccc1.S. The summed E-state index contributed by atoms with van der Waals surface area (Å²) >= 11 is 0. The highest BCUT2D eigenvalue weighted by atomic mass is 32.1. The van der Waals surface area contributed by atoms with Crippen molar-refractivity contribution in [2.24, 2.45) is 0 Å². The molecule has 1 aromatic carbocycles. The number of rotatable bonds is 14. The van der Waals surface area contributed by atoms with Crippen LogP contribution in [0, 0.1) is 0 Å². The molecule has 0 spiro atoms. The van der Waals surface area contributed by atoms with Crippen molar-refractivity contribution in [1.29, 1.82) is 0 Å². The van der Waals surface area contributed by atoms with E-state index in [1.807, 2.05) is 6.07 Å². The molecule has 0 aliphatic heterocycles. The average Bonchev–Trinajstić information content (AvgIpc) is 2.71. The summed E-state index contributed by atoms with van der Waals surface area (Å²) in [6, 6.07) is 10.7. The molecular weight excluding hydrogens is 384 g/mol. The highest BCUT2D eigenvalue weighted by Gasteiger charge is 2.13. The van der Waals surface area contributed by atoms with Gasteiger partial charge < -0.3 is 20.9 Å². The number of aliphatic hydroxyl groups excluding tert-OH is 1. The Morgan fingerprint density at radius 1 is 1.10 bits per heavy atom. The van der Waals surface area contributed by atoms with E-state index in [0.29, 0.717) is 24.6 Å². The molecule has 0 unspecified atom stereocenters. The molecule has 29 heavy (non-hydrogen) atoms. The van der Waals surface area contributed by atoms with Crippen molar-refractivity contribution < 1.29 is 9.84 Å². The van der Waals surface area contributed by atoms with Crippen LogP contribution >= 0.6 is 13.5 Å². The van der Waals surface area contributed by atoms with Crippen LogP contribution in [-0.2, 0) is 6.42 Å². The number of nitrogens with one attached hydrogen (secondary N) is 1. The number of anilines is 2. The lowest BCUT2D eigenvalue weighted by Gasteiger charge is -2.20. The monoisotopic (exact) mass is 420 g/mol. The van der Waals surface area contributed by atoms with Crippen LogP contribution < -0.4 is 15.8 Å². The van der Waals surface area contributed by atoms with Crippen molar-refractivity contribution >= 4 is 25.3 Å². The predicted molar refractivity (Wildman–Crippen MR) is 125 cm³/mol. The van der Waals surface area contributed by atoms with Crippen molar-refractivity contribution in [3.05, 3.63) is 42.1 Å². The van der Waals surface area contributed by atoms with Gasteiger partial charge in [0.15, 0.2) is 11.6 Å². The molecule has 0 bridgehead atoms. The molecule has 1 atom stereocenters. The van der Waals surface area contributed by atoms with E-state index < -0.39 is 0 Å². The lowest BCUT2D eigenvalue weighted by Crippen LogP contribution is -2.22. The minimum Gasteiger partial charge on any atom is -0.488 e. The third kappa shape index (κ3) is 9.85. The third-order valence-electron chi connectivity index (χ3n) is 4.71. The first-order valence-electron chi connectivity index (χ1n) is 10.4. The molecule has 2 rings (SSSR count). The first kappa shape index (κ1) is 25.0. The molecule has 162 valence electrons. The summed E-state index contributed by atoms with van der Waals surface area (Å²) in [6.07, 6.45) is 9.81. The Morgan fingerprint density at radius 3 is 2.62 bits per heavy atom. The largest absolute Gasteiger partial charge is 0.488 e. The van der Waals surface area contributed by atoms with E-state index in [-0.39, 0.29) is 32.1 Å². The van der Waals surface area contributed by atoms with Crippen LogP contribution in [0.1, 0.15) is 57.4 Å². The van der Waals surface area contributed by atoms with Crippen molar-refractivity contribution in [2.75, 3.05) is 24.3 Å². The Kier molecular flexibility index (Phi) is 12.9. The van der Waals surface area contributed by atoms with Gasteiger partial charge in [-0.05, 0) is 44.1 Å². The van der Waals surface area contributed by atoms with Gasteiger partial charge in [0, 0.05) is 12.6 Å². The third-order valence-corrected chi connectivity index (χ3v) is 4.71. The maximum absolute atomic E-state index is 9.32. The fourth-order valence-electron chi connectivity index (χ4n) is 3.12. The molecule has 0 radical (unpaired) electrons. The molecule has 7 heteroatoms. The normalized spacial score (nSPS) is 11.5. The Hall–Kier alpha value is -1.99. The molecule has 0 saturated heterocycles. The minimum absolute atomic E-state index is 0. The van der Waals surface area contributed by atoms with E-state index in [2.05, 4.69) is 46.5 Å². The number of nitrogens with two attached hydrogens (primary N) is 1. The molecule has 2 aromatic rings. The van der Waals surface area contributed by atoms with Crippen molar-refractivity contribution in [2.45, 2.75) is 64.3 Å². The Bertz CT molecular complexity index is 673. The van der Waals surface area contributed by atoms with Gasteiger partial charge in [0.2, 0.25) is 5.95 Å². The number of nitrogens with zero attached hydrogens (tertiary/aromatic N) is 2. The molecule has 0 saturated carbocycles. The van der Waals surface area contributed by atoms with Crippen molar-refractivity contribution in [1.82, 2.24) is 9.97 Å². The van der Waals surface area contributed by atoms with Crippen LogP contribution in [0.4, 0.5) is 11.8 Å². The lowest BCUT2D eigenvalue weighted by atomic mass is 10.1. The van der Waals surface area contributed by atoms with Gasteiger partial charge in [0.25, 0.3) is 0 Å². The summed E-state index contributed by atoms with van der Waals surface area (Å²) in [7, 11) is 0. The first-order chi connectivity index (χ1) is 13.7. The predicted octanol–water partition coefficient (Wildman–Crippen LogP) is 4.32. The van der Waals surface area contributed by atoms with Gasteiger partial charge in [-0.25, -0.2) is 4.98 Å². The smallest absolute Gasteiger partial charge is 0.222 e. The van der Waals surface area contributed by atoms with Gasteiger partial charge in [-0.15, -0.1) is 0 Å². The van der Waals surface area contributed by atoms with Crippen LogP contribution in [0.5, 0.6) is 5.75 Å². The molecule has 0 aliphatic rings. The molecule has 4 N–H and O–H groups in total. The standard InChI is InChI=1S/C22H34N4O2.H2S/c1-2-3-13-19(14-15-27)25-21-20(17-24-22(23)26-21)28-16-9-5-8-12-18-10-6-4-7-11-18;/h4,6-7,10-11,17,19,27H,2-3,5,8-9,12-16H2,1H3,(H3,23,24,25,26);1H2/t19-;/m0./s1. The van der Waals surface area contributed by atoms with Gasteiger partial charge in [-0.2, -0.15) is 18.5 Å². The number of ether oxygens (including phenoxy) is 1. The zero-order valence-corrected chi connectivity index (χ0v) is 18.4. The Labute approximate surface area is 181 Å². The van der Waals surface area contributed by atoms with E-state index in [9.17, 15) is 5.11 Å². The van der Waals surface area contributed by atoms with Crippen LogP contribution in [-0.4, -0.2) is 34.3 Å². The Balaban J connectivity index is 0.00000420. The molecule has 0 aliphatic carbocycles. The molecule has 1 heterocycles. The van der Waals surface area contributed by atoms with E-state index in [1.165, 1.54) is 5.56 Å². The number of aliphatic hydroxyl groups is 1. The van der Waals surface area contributed by atoms with Crippen LogP contribution in [0.15, 0.2) is 36.5 Å². The van der Waals surface area contributed by atoms with Crippen molar-refractivity contribution in [3.8, 4) is 5.75 Å². The molecule has 0 amide bonds. The average molecular weight is 421 g/mol. The zero-order valence-electron chi connectivity index (χ0n) is 17.4. The highest BCUT2D eigenvalue weighted by Crippen LogP contribution is 2.24. The van der Waals surface area contributed by atoms with Crippen LogP contribution in [0.25, 0.3) is 0 Å². The summed E-state index contributed by atoms with van der Waals surface area (Å²) in [4.78, 5) is 8.37. The number of aromatic nitrogens is 2. The molecular formula is C22H36N4O2S. The topological polar surface area (TPSA) is 93.3 Å². The molecule has 1 aromatic heterocycles. The second kappa shape index (κ2) is 14.9. The number of nitrogen functional groups attached to an aromatic ring is 1. The highest BCUT2D eigenvalue weighted by molar-refractivity contribution is 7.59. The zero-order chi connectivity index (χ0) is 20.0. The van der Waals surface area contributed by atoms with Gasteiger partial charge in [0.1, 0.15) is 0 Å². The number of benzene rings is 1. The van der Waals surface area contributed by atoms with E-state index in [4.69, 9.17) is 10.5 Å². The van der Waals surface area contributed by atoms with Crippen LogP contribution in [0.2, 0.25) is 0 Å². The van der Waals surface area contributed by atoms with Crippen LogP contribution in [0.3, 0.4) is 0 Å². The second-order valence-electron chi connectivity index (χ2n) is 7.08. The fourth-order valence-corrected chi connectivity index (χ4v) is 3.12. The number of hydrogen-bond acceptors (Lipinski definition) is 6. The summed E-state index contributed by atoms with van der Waals surface area (Å²) in [5.74, 6) is 1.46. The first-order valence-corrected chi connectivity index (χ1v) is 10.4. The number of aryl methyl sites for hydroxylation is 1. The van der Waals surface area contributed by atoms with E-state index in [1.54, 1.807) is 6.20 Å². The van der Waals surface area contributed by atoms with Gasteiger partial charge in [-0.1, -0.05) is 50.1 Å². The van der Waals surface area contributed by atoms with Gasteiger partial charge in [0.05, 0.1) is 12.8 Å². The van der Waals surface area contributed by atoms with E-state index >= 15 is 0 Å². The van der Waals surface area contributed by atoms with E-state index in [0.717, 1.165) is 44.9 Å². The molecule has 6 nitrogen and oxygen atoms in total. The summed E-state index contributed by atoms with van der Waals surface area (Å²) in [6.45, 7) is 2.92. The lowest BCUT2D eigenvalue weighted by molar-refractivity contribution is 0.275.